The molecule has 4 heteroatoms. The maximum absolute atomic E-state index is 11.9. The lowest BCUT2D eigenvalue weighted by Crippen LogP contribution is -2.40. The van der Waals surface area contributed by atoms with Gasteiger partial charge < -0.3 is 10.4 Å². The van der Waals surface area contributed by atoms with Gasteiger partial charge in [-0.25, -0.2) is 0 Å². The van der Waals surface area contributed by atoms with Crippen molar-refractivity contribution in [3.63, 3.8) is 0 Å². The molecule has 18 heavy (non-hydrogen) atoms. The highest BCUT2D eigenvalue weighted by Gasteiger charge is 2.15. The number of nitrogens with one attached hydrogen (secondary N) is 1. The molecule has 1 aromatic rings. The minimum absolute atomic E-state index is 0.175. The van der Waals surface area contributed by atoms with Crippen molar-refractivity contribution in [3.05, 3.63) is 34.3 Å². The van der Waals surface area contributed by atoms with Gasteiger partial charge in [0.05, 0.1) is 5.02 Å². The zero-order valence-electron chi connectivity index (χ0n) is 10.7. The minimum Gasteiger partial charge on any atom is -0.384 e. The molecule has 0 unspecified atom stereocenters. The third-order valence-electron chi connectivity index (χ3n) is 2.02. The summed E-state index contributed by atoms with van der Waals surface area (Å²) in [5, 5.41) is 11.9. The summed E-state index contributed by atoms with van der Waals surface area (Å²) < 4.78 is 0. The number of rotatable bonds is 1. The van der Waals surface area contributed by atoms with Gasteiger partial charge in [-0.05, 0) is 39.0 Å². The van der Waals surface area contributed by atoms with Crippen LogP contribution >= 0.6 is 11.6 Å². The van der Waals surface area contributed by atoms with Gasteiger partial charge >= 0.3 is 0 Å². The first-order chi connectivity index (χ1) is 8.33. The average Bonchev–Trinajstić information content (AvgIpc) is 2.25. The molecule has 0 atom stereocenters. The van der Waals surface area contributed by atoms with Gasteiger partial charge in [0, 0.05) is 16.7 Å². The largest absolute Gasteiger partial charge is 0.384 e. The highest BCUT2D eigenvalue weighted by molar-refractivity contribution is 6.32. The van der Waals surface area contributed by atoms with Crippen molar-refractivity contribution in [2.24, 2.45) is 0 Å². The Kier molecular flexibility index (Phi) is 4.77. The van der Waals surface area contributed by atoms with Crippen molar-refractivity contribution in [2.45, 2.75) is 26.3 Å². The molecule has 1 amide bonds. The molecule has 0 radical (unpaired) electrons. The van der Waals surface area contributed by atoms with E-state index >= 15 is 0 Å². The molecule has 0 spiro atoms. The van der Waals surface area contributed by atoms with E-state index in [1.54, 1.807) is 18.2 Å². The van der Waals surface area contributed by atoms with Crippen molar-refractivity contribution in [2.75, 3.05) is 6.61 Å². The van der Waals surface area contributed by atoms with E-state index in [0.29, 0.717) is 16.1 Å². The Morgan fingerprint density at radius 2 is 2.11 bits per heavy atom. The van der Waals surface area contributed by atoms with Crippen LogP contribution in [0.3, 0.4) is 0 Å². The van der Waals surface area contributed by atoms with Crippen LogP contribution in [0.25, 0.3) is 0 Å². The molecule has 96 valence electrons. The molecule has 0 saturated heterocycles. The third-order valence-corrected chi connectivity index (χ3v) is 2.33. The summed E-state index contributed by atoms with van der Waals surface area (Å²) in [5.41, 5.74) is 0.793. The van der Waals surface area contributed by atoms with E-state index in [4.69, 9.17) is 16.7 Å². The Morgan fingerprint density at radius 1 is 1.44 bits per heavy atom. The van der Waals surface area contributed by atoms with Crippen LogP contribution in [0, 0.1) is 11.8 Å². The fourth-order valence-corrected chi connectivity index (χ4v) is 1.53. The molecule has 0 aliphatic heterocycles. The summed E-state index contributed by atoms with van der Waals surface area (Å²) in [5.74, 6) is 5.05. The molecule has 0 aromatic heterocycles. The Bertz CT molecular complexity index is 507. The summed E-state index contributed by atoms with van der Waals surface area (Å²) in [4.78, 5) is 11.9. The van der Waals surface area contributed by atoms with E-state index in [1.807, 2.05) is 20.8 Å². The Labute approximate surface area is 112 Å². The number of aliphatic hydroxyl groups is 1. The Morgan fingerprint density at radius 3 is 2.61 bits per heavy atom. The second-order valence-corrected chi connectivity index (χ2v) is 5.27. The third kappa shape index (κ3) is 4.40. The normalized spacial score (nSPS) is 10.5. The number of carbonyl (C=O) groups excluding carboxylic acids is 1. The lowest BCUT2D eigenvalue weighted by atomic mass is 10.1. The molecule has 0 fully saturated rings. The van der Waals surface area contributed by atoms with Crippen LogP contribution in [-0.2, 0) is 0 Å². The second-order valence-electron chi connectivity index (χ2n) is 4.86. The van der Waals surface area contributed by atoms with E-state index in [1.165, 1.54) is 0 Å². The highest BCUT2D eigenvalue weighted by Crippen LogP contribution is 2.17. The summed E-state index contributed by atoms with van der Waals surface area (Å²) in [7, 11) is 0. The van der Waals surface area contributed by atoms with Crippen LogP contribution in [-0.4, -0.2) is 23.2 Å². The van der Waals surface area contributed by atoms with Gasteiger partial charge in [0.2, 0.25) is 0 Å². The van der Waals surface area contributed by atoms with Crippen molar-refractivity contribution >= 4 is 17.5 Å². The van der Waals surface area contributed by atoms with Crippen molar-refractivity contribution in [1.82, 2.24) is 5.32 Å². The first-order valence-corrected chi connectivity index (χ1v) is 5.93. The summed E-state index contributed by atoms with van der Waals surface area (Å²) in [6, 6.07) is 4.90. The number of halogens is 1. The van der Waals surface area contributed by atoms with Gasteiger partial charge in [0.15, 0.2) is 0 Å². The zero-order valence-corrected chi connectivity index (χ0v) is 11.4. The molecular formula is C14H16ClNO2. The summed E-state index contributed by atoms with van der Waals surface area (Å²) in [6.45, 7) is 5.51. The number of hydrogen-bond acceptors (Lipinski definition) is 2. The topological polar surface area (TPSA) is 49.3 Å². The molecule has 0 bridgehead atoms. The quantitative estimate of drug-likeness (QED) is 0.765. The number of benzene rings is 1. The second kappa shape index (κ2) is 5.90. The smallest absolute Gasteiger partial charge is 0.251 e. The molecule has 1 rings (SSSR count). The van der Waals surface area contributed by atoms with Gasteiger partial charge in [-0.3, -0.25) is 4.79 Å². The lowest BCUT2D eigenvalue weighted by molar-refractivity contribution is 0.0919. The van der Waals surface area contributed by atoms with Crippen LogP contribution in [0.15, 0.2) is 18.2 Å². The maximum atomic E-state index is 11.9. The predicted octanol–water partition coefficient (Wildman–Crippen LogP) is 2.21. The first-order valence-electron chi connectivity index (χ1n) is 5.55. The van der Waals surface area contributed by atoms with Gasteiger partial charge in [0.25, 0.3) is 5.91 Å². The Balaban J connectivity index is 2.94. The van der Waals surface area contributed by atoms with Gasteiger partial charge in [-0.2, -0.15) is 0 Å². The van der Waals surface area contributed by atoms with E-state index in [-0.39, 0.29) is 18.1 Å². The van der Waals surface area contributed by atoms with Crippen molar-refractivity contribution in [3.8, 4) is 11.8 Å². The predicted molar refractivity (Wildman–Crippen MR) is 72.6 cm³/mol. The van der Waals surface area contributed by atoms with Crippen LogP contribution in [0.1, 0.15) is 36.7 Å². The average molecular weight is 266 g/mol. The van der Waals surface area contributed by atoms with E-state index < -0.39 is 0 Å². The molecule has 0 aliphatic rings. The zero-order chi connectivity index (χ0) is 13.8. The molecule has 0 aliphatic carbocycles. The SMILES string of the molecule is CC(C)(C)NC(=O)c1ccc(C#CCO)c(Cl)c1. The highest BCUT2D eigenvalue weighted by atomic mass is 35.5. The van der Waals surface area contributed by atoms with E-state index in [9.17, 15) is 4.79 Å². The van der Waals surface area contributed by atoms with Gasteiger partial charge in [-0.1, -0.05) is 23.4 Å². The standard InChI is InChI=1S/C14H16ClNO2/c1-14(2,3)16-13(18)11-7-6-10(5-4-8-17)12(15)9-11/h6-7,9,17H,8H2,1-3H3,(H,16,18). The number of aliphatic hydroxyl groups excluding tert-OH is 1. The summed E-state index contributed by atoms with van der Waals surface area (Å²) >= 11 is 6.02. The van der Waals surface area contributed by atoms with E-state index in [0.717, 1.165) is 0 Å². The van der Waals surface area contributed by atoms with Crippen LogP contribution < -0.4 is 5.32 Å². The molecule has 2 N–H and O–H groups in total. The van der Waals surface area contributed by atoms with Crippen molar-refractivity contribution in [1.29, 1.82) is 0 Å². The summed E-state index contributed by atoms with van der Waals surface area (Å²) in [6.07, 6.45) is 0. The van der Waals surface area contributed by atoms with Gasteiger partial charge in [0.1, 0.15) is 6.61 Å². The van der Waals surface area contributed by atoms with E-state index in [2.05, 4.69) is 17.2 Å². The number of hydrogen-bond donors (Lipinski definition) is 2. The van der Waals surface area contributed by atoms with Crippen LogP contribution in [0.5, 0.6) is 0 Å². The monoisotopic (exact) mass is 265 g/mol. The molecule has 0 saturated carbocycles. The van der Waals surface area contributed by atoms with Crippen LogP contribution in [0.2, 0.25) is 5.02 Å². The fraction of sp³-hybridized carbons (Fsp3) is 0.357. The Hall–Kier alpha value is -1.50. The molecule has 1 aromatic carbocycles. The molecular weight excluding hydrogens is 250 g/mol. The van der Waals surface area contributed by atoms with Crippen LogP contribution in [0.4, 0.5) is 0 Å². The fourth-order valence-electron chi connectivity index (χ4n) is 1.31. The first kappa shape index (κ1) is 14.6. The molecule has 0 heterocycles. The van der Waals surface area contributed by atoms with Crippen molar-refractivity contribution < 1.29 is 9.90 Å². The lowest BCUT2D eigenvalue weighted by Gasteiger charge is -2.20. The number of amides is 1. The van der Waals surface area contributed by atoms with Gasteiger partial charge in [-0.15, -0.1) is 0 Å². The minimum atomic E-state index is -0.293. The molecule has 3 nitrogen and oxygen atoms in total. The number of carbonyl (C=O) groups is 1. The maximum Gasteiger partial charge on any atom is 0.251 e.